The van der Waals surface area contributed by atoms with Crippen molar-refractivity contribution in [2.75, 3.05) is 15.5 Å². The minimum atomic E-state index is -0.390. The predicted molar refractivity (Wildman–Crippen MR) is 105 cm³/mol. The molecule has 0 aromatic carbocycles. The van der Waals surface area contributed by atoms with Gasteiger partial charge >= 0.3 is 5.97 Å². The molecule has 2 aromatic rings. The van der Waals surface area contributed by atoms with Crippen molar-refractivity contribution in [1.82, 2.24) is 0 Å². The highest BCUT2D eigenvalue weighted by molar-refractivity contribution is 14.1. The van der Waals surface area contributed by atoms with Gasteiger partial charge in [-0.15, -0.1) is 0 Å². The van der Waals surface area contributed by atoms with Crippen LogP contribution >= 0.6 is 45.2 Å². The minimum absolute atomic E-state index is 0.0502. The van der Waals surface area contributed by atoms with Gasteiger partial charge < -0.3 is 18.6 Å². The number of rotatable bonds is 5. The van der Waals surface area contributed by atoms with Crippen LogP contribution in [-0.2, 0) is 25.4 Å². The van der Waals surface area contributed by atoms with Crippen molar-refractivity contribution in [2.45, 2.75) is 44.2 Å². The zero-order chi connectivity index (χ0) is 16.7. The largest absolute Gasteiger partial charge is 0.456 e. The summed E-state index contributed by atoms with van der Waals surface area (Å²) in [6.07, 6.45) is 2.84. The van der Waals surface area contributed by atoms with Crippen LogP contribution in [0.1, 0.15) is 48.2 Å². The minimum Gasteiger partial charge on any atom is -0.456 e. The smallest absolute Gasteiger partial charge is 0.312 e. The summed E-state index contributed by atoms with van der Waals surface area (Å²) in [7, 11) is 0. The van der Waals surface area contributed by atoms with Gasteiger partial charge in [0, 0.05) is 32.0 Å². The first-order valence-electron chi connectivity index (χ1n) is 8.17. The van der Waals surface area contributed by atoms with Crippen LogP contribution in [0.5, 0.6) is 0 Å². The standard InChI is InChI=1S/C17H18I2O5/c18-7-11-15-10-5-9(17(23-10)16(15)12(8-19)22-11)6-13(20)24-14-3-1-2-4-21-14/h5,11-12,14H,1-4,6-8H2. The van der Waals surface area contributed by atoms with E-state index in [4.69, 9.17) is 18.6 Å². The normalized spacial score (nSPS) is 26.8. The molecule has 4 rings (SSSR count). The predicted octanol–water partition coefficient (Wildman–Crippen LogP) is 4.47. The van der Waals surface area contributed by atoms with E-state index in [2.05, 4.69) is 45.2 Å². The quantitative estimate of drug-likeness (QED) is 0.310. The fourth-order valence-electron chi connectivity index (χ4n) is 3.54. The Morgan fingerprint density at radius 2 is 2.00 bits per heavy atom. The Kier molecular flexibility index (Phi) is 5.22. The summed E-state index contributed by atoms with van der Waals surface area (Å²) in [5, 5.41) is 0. The maximum Gasteiger partial charge on any atom is 0.312 e. The van der Waals surface area contributed by atoms with Gasteiger partial charge in [0.25, 0.3) is 0 Å². The van der Waals surface area contributed by atoms with Crippen molar-refractivity contribution in [3.05, 3.63) is 22.8 Å². The maximum atomic E-state index is 12.2. The Morgan fingerprint density at radius 1 is 1.21 bits per heavy atom. The van der Waals surface area contributed by atoms with Crippen LogP contribution in [0.25, 0.3) is 11.2 Å². The molecule has 130 valence electrons. The fourth-order valence-corrected chi connectivity index (χ4v) is 4.83. The van der Waals surface area contributed by atoms with Crippen LogP contribution in [0.15, 0.2) is 10.5 Å². The highest BCUT2D eigenvalue weighted by Crippen LogP contribution is 2.49. The fraction of sp³-hybridized carbons (Fsp3) is 0.588. The number of ether oxygens (including phenoxy) is 3. The first-order valence-corrected chi connectivity index (χ1v) is 11.2. The van der Waals surface area contributed by atoms with Gasteiger partial charge in [0.05, 0.1) is 25.2 Å². The second-order valence-electron chi connectivity index (χ2n) is 6.18. The van der Waals surface area contributed by atoms with E-state index in [-0.39, 0.29) is 30.9 Å². The zero-order valence-electron chi connectivity index (χ0n) is 13.1. The molecule has 4 heterocycles. The first-order chi connectivity index (χ1) is 11.7. The van der Waals surface area contributed by atoms with Crippen LogP contribution in [-0.4, -0.2) is 27.7 Å². The summed E-state index contributed by atoms with van der Waals surface area (Å²) in [5.41, 5.74) is 4.88. The van der Waals surface area contributed by atoms with E-state index in [0.29, 0.717) is 6.61 Å². The summed E-state index contributed by atoms with van der Waals surface area (Å²) in [4.78, 5) is 12.2. The molecule has 2 bridgehead atoms. The third-order valence-electron chi connectivity index (χ3n) is 4.60. The van der Waals surface area contributed by atoms with Gasteiger partial charge in [0.2, 0.25) is 6.29 Å². The van der Waals surface area contributed by atoms with Gasteiger partial charge in [-0.25, -0.2) is 0 Å². The third kappa shape index (κ3) is 3.05. The maximum absolute atomic E-state index is 12.2. The molecule has 7 heteroatoms. The summed E-state index contributed by atoms with van der Waals surface area (Å²) in [6, 6.07) is 1.97. The van der Waals surface area contributed by atoms with Gasteiger partial charge in [0.15, 0.2) is 0 Å². The van der Waals surface area contributed by atoms with Crippen LogP contribution in [0.3, 0.4) is 0 Å². The molecule has 0 amide bonds. The molecule has 3 atom stereocenters. The van der Waals surface area contributed by atoms with Crippen LogP contribution in [0, 0.1) is 0 Å². The molecule has 2 aromatic heterocycles. The lowest BCUT2D eigenvalue weighted by atomic mass is 9.99. The van der Waals surface area contributed by atoms with E-state index in [1.807, 2.05) is 6.07 Å². The Labute approximate surface area is 167 Å². The third-order valence-corrected chi connectivity index (χ3v) is 6.20. The zero-order valence-corrected chi connectivity index (χ0v) is 17.4. The lowest BCUT2D eigenvalue weighted by Crippen LogP contribution is -2.26. The molecule has 1 saturated heterocycles. The number of carbonyl (C=O) groups is 1. The van der Waals surface area contributed by atoms with Crippen molar-refractivity contribution in [1.29, 1.82) is 0 Å². The molecule has 0 aliphatic carbocycles. The Morgan fingerprint density at radius 3 is 2.71 bits per heavy atom. The summed E-state index contributed by atoms with van der Waals surface area (Å²) >= 11 is 4.68. The second-order valence-corrected chi connectivity index (χ2v) is 7.94. The van der Waals surface area contributed by atoms with Gasteiger partial charge in [-0.3, -0.25) is 4.79 Å². The van der Waals surface area contributed by atoms with E-state index in [1.165, 1.54) is 5.56 Å². The molecule has 3 unspecified atom stereocenters. The van der Waals surface area contributed by atoms with Crippen molar-refractivity contribution >= 4 is 62.3 Å². The SMILES string of the molecule is O=C(Cc1cc2oc1c1c2C(CI)OC1CI)OC1CCCCO1. The van der Waals surface area contributed by atoms with Crippen molar-refractivity contribution < 1.29 is 23.4 Å². The highest BCUT2D eigenvalue weighted by Gasteiger charge is 2.38. The monoisotopic (exact) mass is 556 g/mol. The molecule has 0 spiro atoms. The molecule has 0 N–H and O–H groups in total. The van der Waals surface area contributed by atoms with E-state index in [0.717, 1.165) is 50.4 Å². The van der Waals surface area contributed by atoms with Crippen LogP contribution in [0.2, 0.25) is 0 Å². The molecule has 5 nitrogen and oxygen atoms in total. The average molecular weight is 556 g/mol. The molecule has 2 aliphatic heterocycles. The van der Waals surface area contributed by atoms with E-state index >= 15 is 0 Å². The average Bonchev–Trinajstić information content (AvgIpc) is 3.25. The molecule has 2 aliphatic rings. The number of alkyl halides is 2. The molecule has 0 radical (unpaired) electrons. The molecule has 0 saturated carbocycles. The topological polar surface area (TPSA) is 57.9 Å². The number of esters is 1. The summed E-state index contributed by atoms with van der Waals surface area (Å²) in [5.74, 6) is -0.255. The van der Waals surface area contributed by atoms with E-state index < -0.39 is 0 Å². The first kappa shape index (κ1) is 17.3. The van der Waals surface area contributed by atoms with Gasteiger partial charge in [0.1, 0.15) is 11.2 Å². The van der Waals surface area contributed by atoms with E-state index in [9.17, 15) is 4.79 Å². The van der Waals surface area contributed by atoms with Crippen molar-refractivity contribution in [2.24, 2.45) is 0 Å². The number of carbonyl (C=O) groups excluding carboxylic acids is 1. The van der Waals surface area contributed by atoms with Crippen LogP contribution in [0.4, 0.5) is 0 Å². The van der Waals surface area contributed by atoms with E-state index in [1.54, 1.807) is 0 Å². The Hall–Kier alpha value is -0.130. The molecular formula is C17H18I2O5. The lowest BCUT2D eigenvalue weighted by Gasteiger charge is -2.22. The number of halogens is 2. The number of fused-ring (bicyclic) bond motifs is 5. The number of hydrogen-bond donors (Lipinski definition) is 0. The Bertz CT molecular complexity index is 722. The van der Waals surface area contributed by atoms with Crippen molar-refractivity contribution in [3.8, 4) is 0 Å². The molecule has 1 fully saturated rings. The van der Waals surface area contributed by atoms with Gasteiger partial charge in [-0.1, -0.05) is 45.2 Å². The van der Waals surface area contributed by atoms with Gasteiger partial charge in [-0.05, 0) is 18.9 Å². The van der Waals surface area contributed by atoms with Crippen molar-refractivity contribution in [3.63, 3.8) is 0 Å². The molecule has 24 heavy (non-hydrogen) atoms. The van der Waals surface area contributed by atoms with Crippen LogP contribution < -0.4 is 0 Å². The molecular weight excluding hydrogens is 538 g/mol. The van der Waals surface area contributed by atoms with Gasteiger partial charge in [-0.2, -0.15) is 0 Å². The number of benzene rings is 1. The highest BCUT2D eigenvalue weighted by atomic mass is 127. The summed E-state index contributed by atoms with van der Waals surface area (Å²) in [6.45, 7) is 0.668. The summed E-state index contributed by atoms with van der Waals surface area (Å²) < 4.78 is 24.7. The number of hydrogen-bond acceptors (Lipinski definition) is 5. The number of furan rings is 2. The lowest BCUT2D eigenvalue weighted by molar-refractivity contribution is -0.185. The Balaban J connectivity index is 1.52. The second kappa shape index (κ2) is 7.24.